The molecule has 0 saturated carbocycles. The molecule has 11 rings (SSSR count). The van der Waals surface area contributed by atoms with E-state index in [0.717, 1.165) is 77.7 Å². The number of aryl methyl sites for hydroxylation is 7. The number of halogens is 1. The molecule has 0 bridgehead atoms. The number of benzene rings is 3. The van der Waals surface area contributed by atoms with Crippen molar-refractivity contribution < 1.29 is 48.6 Å². The molecule has 0 aliphatic rings. The minimum Gasteiger partial charge on any atom is -0.870 e. The van der Waals surface area contributed by atoms with Gasteiger partial charge in [-0.05, 0) is 156 Å². The van der Waals surface area contributed by atoms with Crippen LogP contribution in [0.1, 0.15) is 98.5 Å². The number of carbonyl (C=O) groups excluding carboxylic acids is 2. The number of fused-ring (bicyclic) bond motifs is 3. The minimum atomic E-state index is -0.949. The molecule has 8 aromatic heterocycles. The monoisotopic (exact) mass is 1160 g/mol. The van der Waals surface area contributed by atoms with E-state index in [-0.39, 0.29) is 54.2 Å². The zero-order valence-corrected chi connectivity index (χ0v) is 49.7. The average molecular weight is 1160 g/mol. The summed E-state index contributed by atoms with van der Waals surface area (Å²) in [6.07, 6.45) is 10.7. The Morgan fingerprint density at radius 1 is 0.541 bits per heavy atom. The molecule has 8 heterocycles. The van der Waals surface area contributed by atoms with Crippen LogP contribution >= 0.6 is 12.4 Å². The third-order valence-corrected chi connectivity index (χ3v) is 13.3. The van der Waals surface area contributed by atoms with Crippen molar-refractivity contribution in [2.24, 2.45) is 5.73 Å². The number of nitrogen functional groups attached to an aromatic ring is 2. The summed E-state index contributed by atoms with van der Waals surface area (Å²) < 4.78 is 10.2. The summed E-state index contributed by atoms with van der Waals surface area (Å²) in [6, 6.07) is 31.9. The molecule has 0 aliphatic carbocycles. The Bertz CT molecular complexity index is 4080. The van der Waals surface area contributed by atoms with Gasteiger partial charge in [0.1, 0.15) is 11.6 Å². The molecule has 0 saturated heterocycles. The number of methoxy groups -OCH3 is 1. The third kappa shape index (κ3) is 17.8. The van der Waals surface area contributed by atoms with Gasteiger partial charge in [-0.15, -0.1) is 12.4 Å². The van der Waals surface area contributed by atoms with Gasteiger partial charge >= 0.3 is 30.8 Å². The van der Waals surface area contributed by atoms with Gasteiger partial charge in [0, 0.05) is 83.4 Å². The predicted molar refractivity (Wildman–Crippen MR) is 326 cm³/mol. The number of nitrogens with one attached hydrogen (secondary N) is 1. The van der Waals surface area contributed by atoms with Crippen molar-refractivity contribution in [2.75, 3.05) is 18.6 Å². The van der Waals surface area contributed by atoms with E-state index < -0.39 is 5.97 Å². The van der Waals surface area contributed by atoms with E-state index in [1.54, 1.807) is 47.4 Å². The second-order valence-corrected chi connectivity index (χ2v) is 19.8. The van der Waals surface area contributed by atoms with Crippen molar-refractivity contribution in [1.82, 2.24) is 59.6 Å². The molecule has 11 aromatic rings. The maximum Gasteiger partial charge on any atom is 1.00 e. The first-order valence-electron chi connectivity index (χ1n) is 26.2. The number of rotatable bonds is 12. The van der Waals surface area contributed by atoms with Crippen LogP contribution in [0.25, 0.3) is 32.7 Å². The standard InChI is InChI=1S/C23H24N6O.C16H15N3O2.C15H13N3O2.C8H13N3.ClH.Li.H2O/c1-14-4-5-21-18(8-14)12-29(28-21)13-19-10-17(6-7-25-19)23(30)26-11-20-15(2)9-22(24)27-16(20)3;1-11-3-4-15-13(7-11)9-19(18-15)10-14-8-12(5-6-17-14)16(20)21-2;1-10-2-3-14-12(6-10)8-18(17-14)9-13-7-11(15(19)20)4-5-16-13;1-5-3-8(10)11-6(2)7(5)4-9;;;/h4-10,12H,11,13H2,1-3H3,(H2,24,27)(H,26,30);3-9H,10H2,1-2H3;2-8H,9H2,1H3,(H,19,20);3H,4,9H2,1-2H3,(H2,10,11);1H;;1H2/q;;;;;+1;/p-1. The van der Waals surface area contributed by atoms with Gasteiger partial charge in [-0.25, -0.2) is 19.6 Å². The van der Waals surface area contributed by atoms with Crippen molar-refractivity contribution in [3.8, 4) is 0 Å². The molecule has 0 atom stereocenters. The third-order valence-electron chi connectivity index (χ3n) is 13.3. The summed E-state index contributed by atoms with van der Waals surface area (Å²) in [5.41, 5.74) is 32.7. The van der Waals surface area contributed by atoms with E-state index in [4.69, 9.17) is 27.0 Å². The number of aromatic carboxylic acids is 1. The van der Waals surface area contributed by atoms with Gasteiger partial charge in [0.15, 0.2) is 0 Å². The molecule has 21 nitrogen and oxygen atoms in total. The van der Waals surface area contributed by atoms with Crippen LogP contribution in [0.4, 0.5) is 11.6 Å². The Balaban J connectivity index is 0.000000215. The van der Waals surface area contributed by atoms with Crippen LogP contribution in [0.5, 0.6) is 0 Å². The van der Waals surface area contributed by atoms with E-state index in [9.17, 15) is 14.4 Å². The summed E-state index contributed by atoms with van der Waals surface area (Å²) >= 11 is 0. The van der Waals surface area contributed by atoms with E-state index in [0.29, 0.717) is 61.2 Å². The van der Waals surface area contributed by atoms with Crippen molar-refractivity contribution in [3.05, 3.63) is 224 Å². The van der Waals surface area contributed by atoms with E-state index in [1.165, 1.54) is 36.1 Å². The van der Waals surface area contributed by atoms with Crippen LogP contribution in [-0.4, -0.2) is 89.8 Å². The molecule has 0 spiro atoms. The van der Waals surface area contributed by atoms with Crippen molar-refractivity contribution in [2.45, 2.75) is 81.2 Å². The smallest absolute Gasteiger partial charge is 0.870 e. The first-order valence-corrected chi connectivity index (χ1v) is 26.2. The Kier molecular flexibility index (Phi) is 23.7. The number of nitrogens with two attached hydrogens (primary N) is 3. The molecule has 0 fully saturated rings. The first-order chi connectivity index (χ1) is 39.3. The number of carboxylic acids is 1. The number of carbonyl (C=O) groups is 3. The number of pyridine rings is 5. The van der Waals surface area contributed by atoms with Crippen molar-refractivity contribution in [1.29, 1.82) is 0 Å². The Hall–Kier alpha value is -9.36. The second-order valence-electron chi connectivity index (χ2n) is 19.8. The summed E-state index contributed by atoms with van der Waals surface area (Å²) in [5.74, 6) is -0.414. The number of hydrogen-bond donors (Lipinski definition) is 5. The van der Waals surface area contributed by atoms with Crippen LogP contribution in [0.2, 0.25) is 0 Å². The summed E-state index contributed by atoms with van der Waals surface area (Å²) in [6.45, 7) is 16.3. The first kappa shape index (κ1) is 66.4. The molecular formula is C62H67ClLiN15O6. The number of aromatic nitrogens is 11. The summed E-state index contributed by atoms with van der Waals surface area (Å²) in [5, 5.41) is 28.7. The van der Waals surface area contributed by atoms with Crippen molar-refractivity contribution in [3.63, 3.8) is 0 Å². The predicted octanol–water partition coefficient (Wildman–Crippen LogP) is 6.36. The van der Waals surface area contributed by atoms with Crippen molar-refractivity contribution >= 4 is 74.6 Å². The molecule has 23 heteroatoms. The number of nitrogens with zero attached hydrogens (tertiary/aromatic N) is 11. The summed E-state index contributed by atoms with van der Waals surface area (Å²) in [7, 11) is 1.37. The molecule has 3 aromatic carbocycles. The SMILES string of the molecule is COC(=O)c1ccnc(Cn2cc3cc(C)ccc3n2)c1.Cc1cc(N)nc(C)c1CN.Cc1ccc2nn(Cc3cc(C(=O)NCc4c(C)cc(N)nc4C)ccn3)cc2c1.Cc1ccc2nn(Cc3cc(C(=O)O)ccn3)cc2c1.Cl.[Li+].[OH-]. The fraction of sp³-hybridized carbons (Fsp3) is 0.210. The Morgan fingerprint density at radius 2 is 0.918 bits per heavy atom. The molecule has 0 radical (unpaired) electrons. The van der Waals surface area contributed by atoms with E-state index in [1.807, 2.05) is 111 Å². The van der Waals surface area contributed by atoms with Crippen LogP contribution in [-0.2, 0) is 37.5 Å². The topological polar surface area (TPSA) is 319 Å². The normalized spacial score (nSPS) is 10.4. The van der Waals surface area contributed by atoms with Crippen LogP contribution in [0.15, 0.2) is 140 Å². The number of esters is 1. The molecule has 0 aliphatic heterocycles. The number of carboxylic acid groups (broad SMARTS) is 1. The van der Waals surface area contributed by atoms with Gasteiger partial charge in [-0.2, -0.15) is 15.3 Å². The Morgan fingerprint density at radius 3 is 1.31 bits per heavy atom. The fourth-order valence-corrected chi connectivity index (χ4v) is 9.16. The molecule has 1 amide bonds. The number of amides is 1. The van der Waals surface area contributed by atoms with Gasteiger partial charge in [-0.1, -0.05) is 34.9 Å². The molecule has 0 unspecified atom stereocenters. The van der Waals surface area contributed by atoms with Gasteiger partial charge < -0.3 is 37.8 Å². The maximum absolute atomic E-state index is 12.7. The van der Waals surface area contributed by atoms with Crippen LogP contribution < -0.4 is 41.4 Å². The fourth-order valence-electron chi connectivity index (χ4n) is 9.16. The molecule has 434 valence electrons. The quantitative estimate of drug-likeness (QED) is 0.0656. The van der Waals surface area contributed by atoms with Crippen LogP contribution in [0.3, 0.4) is 0 Å². The van der Waals surface area contributed by atoms with Gasteiger partial charge in [0.2, 0.25) is 0 Å². The number of ether oxygens (including phenoxy) is 1. The average Bonchev–Trinajstić information content (AvgIpc) is 4.30. The zero-order chi connectivity index (χ0) is 58.6. The molecular weight excluding hydrogens is 1090 g/mol. The Labute approximate surface area is 510 Å². The molecule has 85 heavy (non-hydrogen) atoms. The van der Waals surface area contributed by atoms with E-state index >= 15 is 0 Å². The van der Waals surface area contributed by atoms with Gasteiger partial charge in [0.05, 0.1) is 71.5 Å². The summed E-state index contributed by atoms with van der Waals surface area (Å²) in [4.78, 5) is 56.4. The second kappa shape index (κ2) is 30.3. The number of anilines is 2. The van der Waals surface area contributed by atoms with Gasteiger partial charge in [-0.3, -0.25) is 33.8 Å². The maximum atomic E-state index is 12.7. The molecule has 9 N–H and O–H groups in total. The van der Waals surface area contributed by atoms with Gasteiger partial charge in [0.25, 0.3) is 5.91 Å². The zero-order valence-electron chi connectivity index (χ0n) is 48.9. The largest absolute Gasteiger partial charge is 1.00 e. The minimum absolute atomic E-state index is 0. The van der Waals surface area contributed by atoms with E-state index in [2.05, 4.69) is 77.6 Å². The number of hydrogen-bond acceptors (Lipinski definition) is 16. The van der Waals surface area contributed by atoms with Crippen LogP contribution in [0, 0.1) is 48.5 Å².